The fraction of sp³-hybridized carbons (Fsp3) is 0.600. The highest BCUT2D eigenvalue weighted by Gasteiger charge is 2.68. The van der Waals surface area contributed by atoms with Crippen molar-refractivity contribution in [1.29, 1.82) is 0 Å². The van der Waals surface area contributed by atoms with Crippen molar-refractivity contribution in [2.75, 3.05) is 6.26 Å². The van der Waals surface area contributed by atoms with Crippen LogP contribution in [0.4, 0.5) is 0 Å². The number of ether oxygens (including phenoxy) is 2. The molecular weight excluding hydrogens is 576 g/mol. The third kappa shape index (κ3) is 6.15. The Bertz CT molecular complexity index is 1520. The van der Waals surface area contributed by atoms with E-state index in [1.807, 2.05) is 37.3 Å². The van der Waals surface area contributed by atoms with Crippen molar-refractivity contribution in [3.05, 3.63) is 80.6 Å². The average Bonchev–Trinajstić information content (AvgIpc) is 3.48. The second kappa shape index (κ2) is 11.6. The lowest BCUT2D eigenvalue weighted by molar-refractivity contribution is -0.215. The molecule has 0 amide bonds. The molecule has 0 saturated carbocycles. The molecule has 232 valence electrons. The van der Waals surface area contributed by atoms with Gasteiger partial charge in [-0.2, -0.15) is 8.42 Å². The predicted octanol–water partition coefficient (Wildman–Crippen LogP) is 4.56. The van der Waals surface area contributed by atoms with E-state index in [-0.39, 0.29) is 17.2 Å². The number of hydrogen-bond donors (Lipinski definition) is 1. The summed E-state index contributed by atoms with van der Waals surface area (Å²) in [7, 11) is -6.49. The Morgan fingerprint density at radius 1 is 1.12 bits per heavy atom. The van der Waals surface area contributed by atoms with Crippen molar-refractivity contribution >= 4 is 18.4 Å². The first-order valence-corrected chi connectivity index (χ1v) is 19.1. The highest BCUT2D eigenvalue weighted by atomic mass is 32.2. The lowest BCUT2D eigenvalue weighted by atomic mass is 9.74. The number of aryl methyl sites for hydroxylation is 1. The first kappa shape index (κ1) is 32.6. The molecule has 10 nitrogen and oxygen atoms in total. The molecule has 4 rings (SSSR count). The molecule has 2 aromatic rings. The molecule has 4 atom stereocenters. The van der Waals surface area contributed by atoms with Crippen LogP contribution in [0.15, 0.2) is 58.3 Å². The summed E-state index contributed by atoms with van der Waals surface area (Å²) in [5, 5.41) is -0.133. The zero-order valence-corrected chi connectivity index (χ0v) is 27.6. The van der Waals surface area contributed by atoms with Gasteiger partial charge >= 0.3 is 5.69 Å². The minimum absolute atomic E-state index is 0.133. The molecule has 1 aromatic heterocycles. The number of hydrogen-bond acceptors (Lipinski definition) is 8. The molecule has 2 heterocycles. The summed E-state index contributed by atoms with van der Waals surface area (Å²) in [4.78, 5) is 27.7. The minimum Gasteiger partial charge on any atom is -0.408 e. The monoisotopic (exact) mass is 620 g/mol. The van der Waals surface area contributed by atoms with E-state index in [9.17, 15) is 18.0 Å². The van der Waals surface area contributed by atoms with Crippen LogP contribution in [-0.2, 0) is 34.8 Å². The second-order valence-electron chi connectivity index (χ2n) is 12.9. The number of H-pyrrole nitrogens is 1. The summed E-state index contributed by atoms with van der Waals surface area (Å²) in [6.45, 7) is 14.5. The molecular formula is C30H44N2O8SSi. The van der Waals surface area contributed by atoms with Gasteiger partial charge in [0.1, 0.15) is 11.7 Å². The molecule has 1 saturated heterocycles. The largest absolute Gasteiger partial charge is 0.408 e. The second-order valence-corrected chi connectivity index (χ2v) is 19.3. The van der Waals surface area contributed by atoms with Gasteiger partial charge < -0.3 is 13.9 Å². The van der Waals surface area contributed by atoms with E-state index in [0.29, 0.717) is 19.3 Å². The molecule has 0 radical (unpaired) electrons. The highest BCUT2D eigenvalue weighted by Crippen LogP contribution is 2.56. The maximum absolute atomic E-state index is 13.2. The molecule has 1 fully saturated rings. The van der Waals surface area contributed by atoms with Gasteiger partial charge in [-0.3, -0.25) is 18.5 Å². The molecule has 12 heteroatoms. The lowest BCUT2D eigenvalue weighted by Gasteiger charge is -2.53. The summed E-state index contributed by atoms with van der Waals surface area (Å²) < 4.78 is 53.3. The lowest BCUT2D eigenvalue weighted by Crippen LogP contribution is -2.65. The van der Waals surface area contributed by atoms with Crippen LogP contribution < -0.4 is 11.2 Å². The van der Waals surface area contributed by atoms with E-state index >= 15 is 0 Å². The van der Waals surface area contributed by atoms with E-state index in [4.69, 9.17) is 18.1 Å². The van der Waals surface area contributed by atoms with Gasteiger partial charge in [-0.25, -0.2) is 4.79 Å². The summed E-state index contributed by atoms with van der Waals surface area (Å²) in [5.41, 5.74) is -2.29. The van der Waals surface area contributed by atoms with Crippen LogP contribution in [0.3, 0.4) is 0 Å². The van der Waals surface area contributed by atoms with E-state index in [2.05, 4.69) is 51.0 Å². The first-order chi connectivity index (χ1) is 19.5. The van der Waals surface area contributed by atoms with Crippen LogP contribution in [0.2, 0.25) is 18.1 Å². The first-order valence-electron chi connectivity index (χ1n) is 14.3. The molecule has 1 unspecified atom stereocenters. The minimum atomic E-state index is -4.05. The topological polar surface area (TPSA) is 126 Å². The quantitative estimate of drug-likeness (QED) is 0.233. The maximum Gasteiger partial charge on any atom is 0.330 e. The van der Waals surface area contributed by atoms with Gasteiger partial charge in [0, 0.05) is 11.8 Å². The van der Waals surface area contributed by atoms with Crippen molar-refractivity contribution in [2.45, 2.75) is 108 Å². The van der Waals surface area contributed by atoms with Crippen LogP contribution >= 0.6 is 0 Å². The summed E-state index contributed by atoms with van der Waals surface area (Å²) in [5.74, 6) is 0. The number of aromatic amines is 1. The van der Waals surface area contributed by atoms with Crippen LogP contribution in [0, 0.1) is 6.92 Å². The Balaban J connectivity index is 1.95. The Morgan fingerprint density at radius 3 is 2.29 bits per heavy atom. The summed E-state index contributed by atoms with van der Waals surface area (Å²) >= 11 is 0. The summed E-state index contributed by atoms with van der Waals surface area (Å²) in [6, 6.07) is 9.54. The number of nitrogens with zero attached hydrogens (tertiary/aromatic N) is 1. The van der Waals surface area contributed by atoms with Gasteiger partial charge in [0.15, 0.2) is 20.6 Å². The zero-order valence-electron chi connectivity index (χ0n) is 25.8. The van der Waals surface area contributed by atoms with Crippen LogP contribution in [0.25, 0.3) is 0 Å². The Morgan fingerprint density at radius 2 is 1.74 bits per heavy atom. The number of nitrogens with one attached hydrogen (secondary N) is 1. The third-order valence-electron chi connectivity index (χ3n) is 8.96. The third-order valence-corrected chi connectivity index (χ3v) is 14.0. The van der Waals surface area contributed by atoms with E-state index < -0.39 is 59.3 Å². The Kier molecular flexibility index (Phi) is 9.01. The van der Waals surface area contributed by atoms with Crippen molar-refractivity contribution in [3.8, 4) is 0 Å². The van der Waals surface area contributed by atoms with Crippen molar-refractivity contribution < 1.29 is 26.5 Å². The molecule has 1 aliphatic heterocycles. The van der Waals surface area contributed by atoms with Gasteiger partial charge in [-0.1, -0.05) is 70.2 Å². The van der Waals surface area contributed by atoms with E-state index in [1.54, 1.807) is 6.92 Å². The zero-order chi connectivity index (χ0) is 31.1. The fourth-order valence-corrected chi connectivity index (χ4v) is 8.03. The number of aromatic nitrogens is 2. The van der Waals surface area contributed by atoms with Gasteiger partial charge in [-0.05, 0) is 49.9 Å². The fourth-order valence-electron chi connectivity index (χ4n) is 5.81. The molecule has 1 aromatic carbocycles. The standard InChI is InChI=1S/C30H44N2O8SSi/c1-9-30(29(17-13-14-18-29)40-42(7,8)28(3,4)5)24(37-20-22-15-11-10-12-16-22)23(39-41(6,35)36)26(38-30)32-19-21(2)25(33)31-27(32)34/h10-16,19,23-24,26H,9,17-18,20H2,1-8H3,(H,31,33,34)/t23-,24?,26+,30+/m0/s1. The van der Waals surface area contributed by atoms with Gasteiger partial charge in [0.05, 0.1) is 18.5 Å². The Hall–Kier alpha value is -2.35. The smallest absolute Gasteiger partial charge is 0.330 e. The molecule has 0 bridgehead atoms. The van der Waals surface area contributed by atoms with Crippen molar-refractivity contribution in [2.24, 2.45) is 0 Å². The van der Waals surface area contributed by atoms with Crippen LogP contribution in [0.5, 0.6) is 0 Å². The van der Waals surface area contributed by atoms with Gasteiger partial charge in [0.2, 0.25) is 0 Å². The van der Waals surface area contributed by atoms with Gasteiger partial charge in [0.25, 0.3) is 15.7 Å². The Labute approximate surface area is 249 Å². The SMILES string of the molecule is CC[C@@]1(C2(O[Si](C)(C)C(C)(C)C)CC=CC2)O[C@@H](n2cc(C)c(=O)[nH]c2=O)[C@@H](OS(C)(=O)=O)C1OCc1ccccc1. The molecule has 1 aliphatic carbocycles. The molecule has 42 heavy (non-hydrogen) atoms. The molecule has 0 spiro atoms. The van der Waals surface area contributed by atoms with Crippen LogP contribution in [-0.4, -0.2) is 56.0 Å². The van der Waals surface area contributed by atoms with Crippen molar-refractivity contribution in [3.63, 3.8) is 0 Å². The number of rotatable bonds is 10. The maximum atomic E-state index is 13.2. The molecule has 1 N–H and O–H groups in total. The summed E-state index contributed by atoms with van der Waals surface area (Å²) in [6.07, 6.45) is 4.38. The molecule has 2 aliphatic rings. The van der Waals surface area contributed by atoms with Crippen LogP contribution in [0.1, 0.15) is 64.3 Å². The normalized spacial score (nSPS) is 26.1. The predicted molar refractivity (Wildman–Crippen MR) is 163 cm³/mol. The van der Waals surface area contributed by atoms with Gasteiger partial charge in [-0.15, -0.1) is 0 Å². The highest BCUT2D eigenvalue weighted by molar-refractivity contribution is 7.86. The van der Waals surface area contributed by atoms with Crippen molar-refractivity contribution in [1.82, 2.24) is 9.55 Å². The average molecular weight is 621 g/mol. The number of benzene rings is 1. The van der Waals surface area contributed by atoms with E-state index in [0.717, 1.165) is 11.8 Å². The van der Waals surface area contributed by atoms with E-state index in [1.165, 1.54) is 10.8 Å².